The summed E-state index contributed by atoms with van der Waals surface area (Å²) in [6, 6.07) is 7.48. The minimum Gasteiger partial charge on any atom is -0.353 e. The number of nitrogens with zero attached hydrogens (tertiary/aromatic N) is 5. The molecule has 0 atom stereocenters. The van der Waals surface area contributed by atoms with Crippen molar-refractivity contribution in [1.29, 1.82) is 0 Å². The molecule has 27 heavy (non-hydrogen) atoms. The van der Waals surface area contributed by atoms with E-state index in [9.17, 15) is 9.59 Å². The van der Waals surface area contributed by atoms with Gasteiger partial charge in [-0.15, -0.1) is 0 Å². The van der Waals surface area contributed by atoms with Crippen LogP contribution in [0.15, 0.2) is 42.9 Å². The van der Waals surface area contributed by atoms with Gasteiger partial charge in [0.05, 0.1) is 11.1 Å². The molecule has 0 N–H and O–H groups in total. The number of carbonyl (C=O) groups excluding carboxylic acids is 2. The van der Waals surface area contributed by atoms with Crippen molar-refractivity contribution in [2.45, 2.75) is 13.8 Å². The molecule has 0 unspecified atom stereocenters. The largest absolute Gasteiger partial charge is 0.353 e. The predicted molar refractivity (Wildman–Crippen MR) is 104 cm³/mol. The van der Waals surface area contributed by atoms with Gasteiger partial charge in [0.25, 0.3) is 11.8 Å². The molecule has 0 bridgehead atoms. The Bertz CT molecular complexity index is 784. The third kappa shape index (κ3) is 4.24. The van der Waals surface area contributed by atoms with E-state index in [0.717, 1.165) is 18.9 Å². The molecule has 1 fully saturated rings. The van der Waals surface area contributed by atoms with Crippen LogP contribution in [0.25, 0.3) is 0 Å². The van der Waals surface area contributed by atoms with Gasteiger partial charge in [0.1, 0.15) is 5.82 Å². The van der Waals surface area contributed by atoms with E-state index in [4.69, 9.17) is 0 Å². The highest BCUT2D eigenvalue weighted by Crippen LogP contribution is 2.15. The van der Waals surface area contributed by atoms with E-state index in [-0.39, 0.29) is 11.8 Å². The van der Waals surface area contributed by atoms with Gasteiger partial charge in [0, 0.05) is 57.9 Å². The quantitative estimate of drug-likeness (QED) is 0.808. The van der Waals surface area contributed by atoms with Gasteiger partial charge in [-0.1, -0.05) is 6.07 Å². The molecule has 0 aromatic carbocycles. The standard InChI is InChI=1S/C20H25N5O2/c1-3-23(4-2)19(26)16-13-17(15-21-14-16)20(27)25-11-9-24(10-12-25)18-7-5-6-8-22-18/h5-8,13-15H,3-4,9-12H2,1-2H3. The predicted octanol–water partition coefficient (Wildman–Crippen LogP) is 1.92. The Morgan fingerprint density at radius 2 is 1.74 bits per heavy atom. The first kappa shape index (κ1) is 18.8. The highest BCUT2D eigenvalue weighted by atomic mass is 16.2. The number of hydrogen-bond acceptors (Lipinski definition) is 5. The minimum atomic E-state index is -0.0953. The number of aromatic nitrogens is 2. The van der Waals surface area contributed by atoms with E-state index in [0.29, 0.717) is 37.3 Å². The number of anilines is 1. The van der Waals surface area contributed by atoms with Crippen LogP contribution in [-0.4, -0.2) is 70.9 Å². The average molecular weight is 367 g/mol. The molecule has 1 aliphatic heterocycles. The van der Waals surface area contributed by atoms with Crippen molar-refractivity contribution in [3.05, 3.63) is 54.0 Å². The van der Waals surface area contributed by atoms with E-state index >= 15 is 0 Å². The van der Waals surface area contributed by atoms with Gasteiger partial charge >= 0.3 is 0 Å². The molecule has 142 valence electrons. The SMILES string of the molecule is CCN(CC)C(=O)c1cncc(C(=O)N2CCN(c3ccccn3)CC2)c1. The lowest BCUT2D eigenvalue weighted by Gasteiger charge is -2.35. The van der Waals surface area contributed by atoms with Gasteiger partial charge in [0.2, 0.25) is 0 Å². The van der Waals surface area contributed by atoms with E-state index in [1.165, 1.54) is 12.4 Å². The molecule has 1 aliphatic rings. The topological polar surface area (TPSA) is 69.6 Å². The van der Waals surface area contributed by atoms with E-state index < -0.39 is 0 Å². The molecule has 0 spiro atoms. The smallest absolute Gasteiger partial charge is 0.255 e. The molecule has 2 amide bonds. The number of amides is 2. The Balaban J connectivity index is 1.67. The summed E-state index contributed by atoms with van der Waals surface area (Å²) in [6.45, 7) is 7.82. The van der Waals surface area contributed by atoms with Crippen LogP contribution in [0.5, 0.6) is 0 Å². The van der Waals surface area contributed by atoms with E-state index in [1.807, 2.05) is 36.9 Å². The van der Waals surface area contributed by atoms with Crippen molar-refractivity contribution < 1.29 is 9.59 Å². The summed E-state index contributed by atoms with van der Waals surface area (Å²) in [6.07, 6.45) is 4.83. The molecule has 0 aliphatic carbocycles. The third-order valence-electron chi connectivity index (χ3n) is 4.82. The Morgan fingerprint density at radius 1 is 1.04 bits per heavy atom. The molecular weight excluding hydrogens is 342 g/mol. The fourth-order valence-electron chi connectivity index (χ4n) is 3.23. The van der Waals surface area contributed by atoms with Crippen LogP contribution in [0.3, 0.4) is 0 Å². The second kappa shape index (κ2) is 8.62. The van der Waals surface area contributed by atoms with E-state index in [1.54, 1.807) is 17.2 Å². The summed E-state index contributed by atoms with van der Waals surface area (Å²) >= 11 is 0. The maximum absolute atomic E-state index is 12.9. The minimum absolute atomic E-state index is 0.0858. The molecule has 7 nitrogen and oxygen atoms in total. The lowest BCUT2D eigenvalue weighted by Crippen LogP contribution is -2.49. The molecule has 3 heterocycles. The zero-order chi connectivity index (χ0) is 19.2. The van der Waals surface area contributed by atoms with Crippen molar-refractivity contribution in [3.8, 4) is 0 Å². The highest BCUT2D eigenvalue weighted by Gasteiger charge is 2.24. The number of pyridine rings is 2. The Labute approximate surface area is 159 Å². The molecule has 3 rings (SSSR count). The monoisotopic (exact) mass is 367 g/mol. The van der Waals surface area contributed by atoms with Gasteiger partial charge in [-0.2, -0.15) is 0 Å². The Hall–Kier alpha value is -2.96. The summed E-state index contributed by atoms with van der Waals surface area (Å²) in [5, 5.41) is 0. The average Bonchev–Trinajstić information content (AvgIpc) is 2.75. The fourth-order valence-corrected chi connectivity index (χ4v) is 3.23. The molecule has 7 heteroatoms. The first-order valence-corrected chi connectivity index (χ1v) is 9.33. The zero-order valence-electron chi connectivity index (χ0n) is 15.8. The van der Waals surface area contributed by atoms with Crippen LogP contribution in [0, 0.1) is 0 Å². The summed E-state index contributed by atoms with van der Waals surface area (Å²) < 4.78 is 0. The third-order valence-corrected chi connectivity index (χ3v) is 4.82. The summed E-state index contributed by atoms with van der Waals surface area (Å²) in [5.41, 5.74) is 0.913. The number of hydrogen-bond donors (Lipinski definition) is 0. The maximum Gasteiger partial charge on any atom is 0.255 e. The van der Waals surface area contributed by atoms with Crippen LogP contribution < -0.4 is 4.90 Å². The van der Waals surface area contributed by atoms with Crippen LogP contribution in [0.1, 0.15) is 34.6 Å². The summed E-state index contributed by atoms with van der Waals surface area (Å²) in [5.74, 6) is 0.748. The molecule has 2 aromatic rings. The molecular formula is C20H25N5O2. The second-order valence-electron chi connectivity index (χ2n) is 6.41. The number of rotatable bonds is 5. The van der Waals surface area contributed by atoms with E-state index in [2.05, 4.69) is 14.9 Å². The van der Waals surface area contributed by atoms with Gasteiger partial charge < -0.3 is 14.7 Å². The van der Waals surface area contributed by atoms with Crippen LogP contribution >= 0.6 is 0 Å². The van der Waals surface area contributed by atoms with Crippen molar-refractivity contribution >= 4 is 17.6 Å². The second-order valence-corrected chi connectivity index (χ2v) is 6.41. The number of carbonyl (C=O) groups is 2. The first-order chi connectivity index (χ1) is 13.1. The number of piperazine rings is 1. The highest BCUT2D eigenvalue weighted by molar-refractivity contribution is 5.99. The summed E-state index contributed by atoms with van der Waals surface area (Å²) in [4.78, 5) is 39.5. The van der Waals surface area contributed by atoms with Crippen LogP contribution in [0.4, 0.5) is 5.82 Å². The molecule has 1 saturated heterocycles. The van der Waals surface area contributed by atoms with Gasteiger partial charge in [-0.05, 0) is 32.0 Å². The molecule has 2 aromatic heterocycles. The summed E-state index contributed by atoms with van der Waals surface area (Å²) in [7, 11) is 0. The fraction of sp³-hybridized carbons (Fsp3) is 0.400. The van der Waals surface area contributed by atoms with Crippen LogP contribution in [0.2, 0.25) is 0 Å². The maximum atomic E-state index is 12.9. The Morgan fingerprint density at radius 3 is 2.37 bits per heavy atom. The van der Waals surface area contributed by atoms with Crippen molar-refractivity contribution in [3.63, 3.8) is 0 Å². The van der Waals surface area contributed by atoms with Crippen molar-refractivity contribution in [2.24, 2.45) is 0 Å². The first-order valence-electron chi connectivity index (χ1n) is 9.33. The van der Waals surface area contributed by atoms with Crippen LogP contribution in [-0.2, 0) is 0 Å². The zero-order valence-corrected chi connectivity index (χ0v) is 15.8. The Kier molecular flexibility index (Phi) is 6.01. The van der Waals surface area contributed by atoms with Gasteiger partial charge in [0.15, 0.2) is 0 Å². The van der Waals surface area contributed by atoms with Gasteiger partial charge in [-0.25, -0.2) is 4.98 Å². The van der Waals surface area contributed by atoms with Crippen molar-refractivity contribution in [2.75, 3.05) is 44.2 Å². The molecule has 0 radical (unpaired) electrons. The van der Waals surface area contributed by atoms with Crippen molar-refractivity contribution in [1.82, 2.24) is 19.8 Å². The normalized spacial score (nSPS) is 14.1. The molecule has 0 saturated carbocycles. The van der Waals surface area contributed by atoms with Gasteiger partial charge in [-0.3, -0.25) is 14.6 Å². The lowest BCUT2D eigenvalue weighted by atomic mass is 10.1. The lowest BCUT2D eigenvalue weighted by molar-refractivity contribution is 0.0746.